The summed E-state index contributed by atoms with van der Waals surface area (Å²) >= 11 is 0. The van der Waals surface area contributed by atoms with Crippen LogP contribution in [0.3, 0.4) is 0 Å². The third kappa shape index (κ3) is 4.26. The van der Waals surface area contributed by atoms with E-state index in [2.05, 4.69) is 0 Å². The maximum absolute atomic E-state index is 11.9. The van der Waals surface area contributed by atoms with Crippen LogP contribution in [-0.4, -0.2) is 43.3 Å². The summed E-state index contributed by atoms with van der Waals surface area (Å²) in [6.45, 7) is 10.6. The van der Waals surface area contributed by atoms with Crippen LogP contribution in [0.5, 0.6) is 0 Å². The predicted octanol–water partition coefficient (Wildman–Crippen LogP) is 1.70. The largest absolute Gasteiger partial charge is 0.340 e. The highest BCUT2D eigenvalue weighted by Gasteiger charge is 2.40. The van der Waals surface area contributed by atoms with Gasteiger partial charge in [-0.1, -0.05) is 34.6 Å². The molecule has 1 heterocycles. The second-order valence-electron chi connectivity index (χ2n) is 6.88. The number of hydrogen-bond acceptors (Lipinski definition) is 3. The van der Waals surface area contributed by atoms with Crippen LogP contribution < -0.4 is 0 Å². The standard InChI is InChI=1S/C13H25NO3S/c1-10(2)9-18(16,17)11-7-14(8-11)12(15)6-13(3,4)5/h10-11H,6-9H2,1-5H3. The van der Waals surface area contributed by atoms with Gasteiger partial charge in [-0.05, 0) is 11.3 Å². The molecule has 106 valence electrons. The van der Waals surface area contributed by atoms with Crippen molar-refractivity contribution in [3.05, 3.63) is 0 Å². The van der Waals surface area contributed by atoms with E-state index >= 15 is 0 Å². The van der Waals surface area contributed by atoms with E-state index in [1.165, 1.54) is 0 Å². The average Bonchev–Trinajstić information content (AvgIpc) is 1.91. The van der Waals surface area contributed by atoms with Crippen molar-refractivity contribution in [1.29, 1.82) is 0 Å². The van der Waals surface area contributed by atoms with Gasteiger partial charge in [-0.3, -0.25) is 4.79 Å². The Morgan fingerprint density at radius 2 is 1.78 bits per heavy atom. The van der Waals surface area contributed by atoms with Gasteiger partial charge in [0.15, 0.2) is 9.84 Å². The van der Waals surface area contributed by atoms with Gasteiger partial charge in [0.05, 0.1) is 11.0 Å². The molecule has 1 aliphatic rings. The van der Waals surface area contributed by atoms with Crippen LogP contribution in [-0.2, 0) is 14.6 Å². The number of rotatable bonds is 4. The molecule has 18 heavy (non-hydrogen) atoms. The second kappa shape index (κ2) is 5.19. The maximum atomic E-state index is 11.9. The SMILES string of the molecule is CC(C)CS(=O)(=O)C1CN(C(=O)CC(C)(C)C)C1. The molecule has 0 atom stereocenters. The normalized spacial score (nSPS) is 18.0. The van der Waals surface area contributed by atoms with E-state index in [-0.39, 0.29) is 28.2 Å². The number of hydrogen-bond donors (Lipinski definition) is 0. The highest BCUT2D eigenvalue weighted by molar-refractivity contribution is 7.92. The van der Waals surface area contributed by atoms with E-state index in [1.807, 2.05) is 34.6 Å². The van der Waals surface area contributed by atoms with Crippen LogP contribution in [0.1, 0.15) is 41.0 Å². The summed E-state index contributed by atoms with van der Waals surface area (Å²) in [5.41, 5.74) is -0.0427. The van der Waals surface area contributed by atoms with E-state index < -0.39 is 9.84 Å². The minimum absolute atomic E-state index is 0.0427. The molecule has 0 saturated carbocycles. The van der Waals surface area contributed by atoms with Gasteiger partial charge in [-0.15, -0.1) is 0 Å². The number of likely N-dealkylation sites (tertiary alicyclic amines) is 1. The Kier molecular flexibility index (Phi) is 4.47. The van der Waals surface area contributed by atoms with Crippen molar-refractivity contribution in [2.75, 3.05) is 18.8 Å². The molecule has 1 rings (SSSR count). The lowest BCUT2D eigenvalue weighted by Gasteiger charge is -2.40. The first-order valence-electron chi connectivity index (χ1n) is 6.50. The monoisotopic (exact) mass is 275 g/mol. The maximum Gasteiger partial charge on any atom is 0.223 e. The smallest absolute Gasteiger partial charge is 0.223 e. The Balaban J connectivity index is 2.47. The molecular formula is C13H25NO3S. The molecule has 0 aromatic heterocycles. The first kappa shape index (κ1) is 15.5. The molecule has 0 bridgehead atoms. The summed E-state index contributed by atoms with van der Waals surface area (Å²) in [6.07, 6.45) is 0.476. The Bertz CT molecular complexity index is 400. The Morgan fingerprint density at radius 1 is 1.28 bits per heavy atom. The van der Waals surface area contributed by atoms with Crippen LogP contribution in [0.25, 0.3) is 0 Å². The highest BCUT2D eigenvalue weighted by atomic mass is 32.2. The van der Waals surface area contributed by atoms with E-state index in [0.29, 0.717) is 19.5 Å². The molecule has 0 aromatic rings. The Morgan fingerprint density at radius 3 is 2.17 bits per heavy atom. The number of carbonyl (C=O) groups excluding carboxylic acids is 1. The van der Waals surface area contributed by atoms with Gasteiger partial charge in [0.25, 0.3) is 0 Å². The third-order valence-electron chi connectivity index (χ3n) is 2.96. The zero-order valence-electron chi connectivity index (χ0n) is 12.1. The van der Waals surface area contributed by atoms with Crippen LogP contribution in [0.2, 0.25) is 0 Å². The third-order valence-corrected chi connectivity index (χ3v) is 5.40. The quantitative estimate of drug-likeness (QED) is 0.785. The molecule has 0 spiro atoms. The molecule has 0 aliphatic carbocycles. The zero-order valence-corrected chi connectivity index (χ0v) is 12.9. The summed E-state index contributed by atoms with van der Waals surface area (Å²) in [7, 11) is -3.03. The van der Waals surface area contributed by atoms with Crippen molar-refractivity contribution >= 4 is 15.7 Å². The topological polar surface area (TPSA) is 54.5 Å². The summed E-state index contributed by atoms with van der Waals surface area (Å²) < 4.78 is 23.9. The fraction of sp³-hybridized carbons (Fsp3) is 0.923. The highest BCUT2D eigenvalue weighted by Crippen LogP contribution is 2.24. The van der Waals surface area contributed by atoms with Gasteiger partial charge >= 0.3 is 0 Å². The summed E-state index contributed by atoms with van der Waals surface area (Å²) in [5.74, 6) is 0.437. The number of carbonyl (C=O) groups is 1. The van der Waals surface area contributed by atoms with E-state index in [9.17, 15) is 13.2 Å². The lowest BCUT2D eigenvalue weighted by Crippen LogP contribution is -2.58. The molecule has 0 N–H and O–H groups in total. The molecule has 1 amide bonds. The predicted molar refractivity (Wildman–Crippen MR) is 73.1 cm³/mol. The second-order valence-corrected chi connectivity index (χ2v) is 9.21. The van der Waals surface area contributed by atoms with Gasteiger partial charge in [0.2, 0.25) is 5.91 Å². The van der Waals surface area contributed by atoms with Crippen LogP contribution in [0.15, 0.2) is 0 Å². The van der Waals surface area contributed by atoms with Gasteiger partial charge < -0.3 is 4.90 Å². The first-order valence-corrected chi connectivity index (χ1v) is 8.22. The molecule has 0 aromatic carbocycles. The molecule has 4 nitrogen and oxygen atoms in total. The van der Waals surface area contributed by atoms with Gasteiger partial charge in [-0.2, -0.15) is 0 Å². The summed E-state index contributed by atoms with van der Waals surface area (Å²) in [4.78, 5) is 13.5. The van der Waals surface area contributed by atoms with Crippen LogP contribution in [0.4, 0.5) is 0 Å². The lowest BCUT2D eigenvalue weighted by atomic mass is 9.91. The van der Waals surface area contributed by atoms with Crippen LogP contribution in [0, 0.1) is 11.3 Å². The number of amides is 1. The minimum atomic E-state index is -3.03. The molecule has 1 fully saturated rings. The van der Waals surface area contributed by atoms with Crippen molar-refractivity contribution in [3.63, 3.8) is 0 Å². The lowest BCUT2D eigenvalue weighted by molar-refractivity contribution is -0.136. The number of sulfone groups is 1. The van der Waals surface area contributed by atoms with Crippen molar-refractivity contribution < 1.29 is 13.2 Å². The number of nitrogens with zero attached hydrogens (tertiary/aromatic N) is 1. The van der Waals surface area contributed by atoms with Gasteiger partial charge in [0, 0.05) is 19.5 Å². The van der Waals surface area contributed by atoms with Crippen molar-refractivity contribution in [3.8, 4) is 0 Å². The summed E-state index contributed by atoms with van der Waals surface area (Å²) in [6, 6.07) is 0. The van der Waals surface area contributed by atoms with Gasteiger partial charge in [-0.25, -0.2) is 8.42 Å². The molecule has 5 heteroatoms. The molecule has 0 unspecified atom stereocenters. The molecular weight excluding hydrogens is 250 g/mol. The van der Waals surface area contributed by atoms with Gasteiger partial charge in [0.1, 0.15) is 0 Å². The fourth-order valence-electron chi connectivity index (χ4n) is 2.04. The Hall–Kier alpha value is -0.580. The summed E-state index contributed by atoms with van der Waals surface area (Å²) in [5, 5.41) is -0.344. The molecule has 0 radical (unpaired) electrons. The van der Waals surface area contributed by atoms with Crippen molar-refractivity contribution in [2.24, 2.45) is 11.3 Å². The molecule has 1 aliphatic heterocycles. The minimum Gasteiger partial charge on any atom is -0.340 e. The van der Waals surface area contributed by atoms with Crippen LogP contribution >= 0.6 is 0 Å². The Labute approximate surface area is 111 Å². The zero-order chi connectivity index (χ0) is 14.1. The molecule has 1 saturated heterocycles. The van der Waals surface area contributed by atoms with Crippen molar-refractivity contribution in [1.82, 2.24) is 4.90 Å². The fourth-order valence-corrected chi connectivity index (χ4v) is 4.05. The van der Waals surface area contributed by atoms with Crippen molar-refractivity contribution in [2.45, 2.75) is 46.3 Å². The van der Waals surface area contributed by atoms with E-state index in [1.54, 1.807) is 4.90 Å². The van der Waals surface area contributed by atoms with E-state index in [0.717, 1.165) is 0 Å². The average molecular weight is 275 g/mol. The van der Waals surface area contributed by atoms with E-state index in [4.69, 9.17) is 0 Å². The first-order chi connectivity index (χ1) is 8.01.